The molecule has 0 unspecified atom stereocenters. The highest BCUT2D eigenvalue weighted by molar-refractivity contribution is 5.76. The second kappa shape index (κ2) is 6.68. The Labute approximate surface area is 168 Å². The maximum atomic E-state index is 12.6. The van der Waals surface area contributed by atoms with Crippen molar-refractivity contribution in [3.05, 3.63) is 0 Å². The number of rotatable bonds is 2. The fourth-order valence-corrected chi connectivity index (χ4v) is 7.64. The van der Waals surface area contributed by atoms with E-state index in [1.807, 2.05) is 0 Å². The van der Waals surface area contributed by atoms with Crippen molar-refractivity contribution in [2.75, 3.05) is 13.1 Å². The molecule has 0 atom stereocenters. The van der Waals surface area contributed by atoms with Crippen LogP contribution in [0.2, 0.25) is 0 Å². The molecular formula is C23H35NO4. The van der Waals surface area contributed by atoms with Gasteiger partial charge in [-0.25, -0.2) is 0 Å². The van der Waals surface area contributed by atoms with Crippen LogP contribution >= 0.6 is 0 Å². The quantitative estimate of drug-likeness (QED) is 0.657. The molecule has 2 spiro atoms. The molecule has 7 fully saturated rings. The maximum absolute atomic E-state index is 12.6. The van der Waals surface area contributed by atoms with E-state index in [0.717, 1.165) is 50.6 Å². The summed E-state index contributed by atoms with van der Waals surface area (Å²) in [5.74, 6) is 2.69. The lowest BCUT2D eigenvalue weighted by molar-refractivity contribution is -0.390. The van der Waals surface area contributed by atoms with E-state index in [0.29, 0.717) is 30.1 Å². The normalized spacial score (nSPS) is 50.0. The third-order valence-electron chi connectivity index (χ3n) is 8.98. The Bertz CT molecular complexity index is 592. The topological polar surface area (TPSA) is 48.0 Å². The van der Waals surface area contributed by atoms with Gasteiger partial charge in [0.25, 0.3) is 0 Å². The first kappa shape index (κ1) is 18.1. The highest BCUT2D eigenvalue weighted by Crippen LogP contribution is 2.63. The van der Waals surface area contributed by atoms with Crippen molar-refractivity contribution < 1.29 is 19.3 Å². The van der Waals surface area contributed by atoms with Crippen LogP contribution < -0.4 is 0 Å². The summed E-state index contributed by atoms with van der Waals surface area (Å²) in [6.07, 6.45) is 14.6. The average molecular weight is 390 g/mol. The van der Waals surface area contributed by atoms with Crippen LogP contribution in [0.4, 0.5) is 0 Å². The van der Waals surface area contributed by atoms with Crippen molar-refractivity contribution in [1.82, 2.24) is 4.90 Å². The summed E-state index contributed by atoms with van der Waals surface area (Å²) < 4.78 is 6.78. The molecule has 1 amide bonds. The molecule has 4 bridgehead atoms. The van der Waals surface area contributed by atoms with E-state index < -0.39 is 11.6 Å². The van der Waals surface area contributed by atoms with Crippen LogP contribution in [0.5, 0.6) is 0 Å². The van der Waals surface area contributed by atoms with Crippen molar-refractivity contribution in [1.29, 1.82) is 0 Å². The molecule has 7 aliphatic rings. The Morgan fingerprint density at radius 3 is 2.14 bits per heavy atom. The van der Waals surface area contributed by atoms with Crippen molar-refractivity contribution >= 4 is 5.91 Å². The van der Waals surface area contributed by atoms with Crippen LogP contribution in [-0.4, -0.2) is 35.5 Å². The molecule has 0 aromatic rings. The zero-order valence-electron chi connectivity index (χ0n) is 17.1. The first-order chi connectivity index (χ1) is 13.6. The molecule has 2 aliphatic heterocycles. The minimum absolute atomic E-state index is 0.364. The Morgan fingerprint density at radius 2 is 1.50 bits per heavy atom. The number of likely N-dealkylation sites (tertiary alicyclic amines) is 1. The van der Waals surface area contributed by atoms with Gasteiger partial charge in [-0.15, -0.1) is 0 Å². The lowest BCUT2D eigenvalue weighted by Gasteiger charge is -2.57. The van der Waals surface area contributed by atoms with Crippen molar-refractivity contribution in [3.63, 3.8) is 0 Å². The molecule has 156 valence electrons. The third-order valence-corrected chi connectivity index (χ3v) is 8.98. The van der Waals surface area contributed by atoms with E-state index in [-0.39, 0.29) is 0 Å². The number of carbonyl (C=O) groups is 1. The number of hydrogen-bond acceptors (Lipinski definition) is 4. The molecule has 5 heteroatoms. The fraction of sp³-hybridized carbons (Fsp3) is 0.957. The molecule has 0 aromatic carbocycles. The lowest BCUT2D eigenvalue weighted by atomic mass is 9.53. The number of amides is 1. The molecule has 5 nitrogen and oxygen atoms in total. The summed E-state index contributed by atoms with van der Waals surface area (Å²) in [5.41, 5.74) is 0. The van der Waals surface area contributed by atoms with Gasteiger partial charge in [0, 0.05) is 44.2 Å². The molecule has 2 saturated heterocycles. The maximum Gasteiger partial charge on any atom is 0.222 e. The number of hydrogen-bond donors (Lipinski definition) is 0. The van der Waals surface area contributed by atoms with Crippen molar-refractivity contribution in [2.24, 2.45) is 29.6 Å². The predicted molar refractivity (Wildman–Crippen MR) is 103 cm³/mol. The van der Waals surface area contributed by atoms with Gasteiger partial charge < -0.3 is 9.64 Å². The lowest BCUT2D eigenvalue weighted by Crippen LogP contribution is -2.59. The number of nitrogens with zero attached hydrogens (tertiary/aromatic N) is 1. The summed E-state index contributed by atoms with van der Waals surface area (Å²) in [5, 5.41) is 0. The number of carbonyl (C=O) groups excluding carboxylic acids is 1. The van der Waals surface area contributed by atoms with Crippen LogP contribution in [0.3, 0.4) is 0 Å². The van der Waals surface area contributed by atoms with E-state index in [1.165, 1.54) is 51.4 Å². The Kier molecular flexibility index (Phi) is 4.33. The van der Waals surface area contributed by atoms with Crippen LogP contribution in [0.15, 0.2) is 0 Å². The van der Waals surface area contributed by atoms with Gasteiger partial charge in [-0.05, 0) is 82.0 Å². The zero-order valence-corrected chi connectivity index (χ0v) is 17.1. The van der Waals surface area contributed by atoms with Crippen LogP contribution in [0.25, 0.3) is 0 Å². The van der Waals surface area contributed by atoms with E-state index in [2.05, 4.69) is 4.90 Å². The van der Waals surface area contributed by atoms with Gasteiger partial charge in [0.2, 0.25) is 17.5 Å². The van der Waals surface area contributed by atoms with Crippen molar-refractivity contribution in [3.8, 4) is 0 Å². The highest BCUT2D eigenvalue weighted by atomic mass is 17.3. The molecule has 0 radical (unpaired) electrons. The fourth-order valence-electron chi connectivity index (χ4n) is 7.64. The SMILES string of the molecule is O=C(CC1CCC2(CC1)OOC1(O2)C2CC3CC(C2)CC1C3)N1CCCCC1. The Balaban J connectivity index is 1.07. The van der Waals surface area contributed by atoms with Gasteiger partial charge >= 0.3 is 0 Å². The van der Waals surface area contributed by atoms with E-state index in [4.69, 9.17) is 14.5 Å². The average Bonchev–Trinajstić information content (AvgIpc) is 3.08. The van der Waals surface area contributed by atoms with Crippen LogP contribution in [0.1, 0.15) is 83.5 Å². The number of ether oxygens (including phenoxy) is 1. The Morgan fingerprint density at radius 1 is 0.857 bits per heavy atom. The molecule has 0 N–H and O–H groups in total. The molecule has 5 aliphatic carbocycles. The second-order valence-electron chi connectivity index (χ2n) is 10.8. The third kappa shape index (κ3) is 2.87. The van der Waals surface area contributed by atoms with Gasteiger partial charge in [0.1, 0.15) is 0 Å². The largest absolute Gasteiger partial charge is 0.343 e. The zero-order chi connectivity index (χ0) is 18.8. The highest BCUT2D eigenvalue weighted by Gasteiger charge is 2.66. The molecule has 2 heterocycles. The first-order valence-corrected chi connectivity index (χ1v) is 12.0. The number of piperidine rings is 1. The standard InChI is InChI=1S/C23H35NO4/c25-21(24-8-2-1-3-9-24)15-16-4-6-22(7-5-16)26-23(28-27-22)19-11-17-10-18(13-19)14-20(23)12-17/h16-20H,1-15H2. The summed E-state index contributed by atoms with van der Waals surface area (Å²) in [6.45, 7) is 1.92. The molecular weight excluding hydrogens is 354 g/mol. The van der Waals surface area contributed by atoms with Crippen LogP contribution in [-0.2, 0) is 19.3 Å². The van der Waals surface area contributed by atoms with Gasteiger partial charge in [0.15, 0.2) is 0 Å². The minimum Gasteiger partial charge on any atom is -0.343 e. The van der Waals surface area contributed by atoms with Crippen molar-refractivity contribution in [2.45, 2.75) is 95.0 Å². The monoisotopic (exact) mass is 389 g/mol. The minimum atomic E-state index is -0.542. The summed E-state index contributed by atoms with van der Waals surface area (Å²) in [4.78, 5) is 26.9. The van der Waals surface area contributed by atoms with Gasteiger partial charge in [0.05, 0.1) is 0 Å². The summed E-state index contributed by atoms with van der Waals surface area (Å²) in [7, 11) is 0. The van der Waals surface area contributed by atoms with E-state index in [1.54, 1.807) is 0 Å². The van der Waals surface area contributed by atoms with Gasteiger partial charge in [-0.1, -0.05) is 0 Å². The summed E-state index contributed by atoms with van der Waals surface area (Å²) in [6, 6.07) is 0. The second-order valence-corrected chi connectivity index (χ2v) is 10.8. The van der Waals surface area contributed by atoms with Gasteiger partial charge in [-0.3, -0.25) is 4.79 Å². The first-order valence-electron chi connectivity index (χ1n) is 12.0. The van der Waals surface area contributed by atoms with E-state index in [9.17, 15) is 4.79 Å². The molecule has 7 rings (SSSR count). The Hall–Kier alpha value is -0.650. The smallest absolute Gasteiger partial charge is 0.222 e. The summed E-state index contributed by atoms with van der Waals surface area (Å²) >= 11 is 0. The molecule has 0 aromatic heterocycles. The molecule has 28 heavy (non-hydrogen) atoms. The predicted octanol–water partition coefficient (Wildman–Crippen LogP) is 4.41. The van der Waals surface area contributed by atoms with E-state index >= 15 is 0 Å². The molecule has 5 saturated carbocycles. The van der Waals surface area contributed by atoms with Gasteiger partial charge in [-0.2, -0.15) is 9.78 Å². The van der Waals surface area contributed by atoms with Crippen LogP contribution in [0, 0.1) is 29.6 Å².